The number of anilines is 1. The van der Waals surface area contributed by atoms with E-state index in [9.17, 15) is 9.59 Å². The van der Waals surface area contributed by atoms with Crippen LogP contribution in [0.15, 0.2) is 24.3 Å². The lowest BCUT2D eigenvalue weighted by Gasteiger charge is -2.35. The number of carbonyl (C=O) groups is 2. The minimum absolute atomic E-state index is 0.0847. The van der Waals surface area contributed by atoms with Crippen LogP contribution in [0.1, 0.15) is 39.2 Å². The van der Waals surface area contributed by atoms with E-state index in [1.54, 1.807) is 29.2 Å². The Labute approximate surface area is 137 Å². The molecule has 1 aliphatic heterocycles. The minimum Gasteiger partial charge on any atom is -0.341 e. The Morgan fingerprint density at radius 2 is 2.09 bits per heavy atom. The molecule has 1 unspecified atom stereocenters. The lowest BCUT2D eigenvalue weighted by molar-refractivity contribution is -0.142. The number of rotatable bonds is 2. The Balaban J connectivity index is 2.02. The highest BCUT2D eigenvalue weighted by Gasteiger charge is 2.33. The zero-order valence-electron chi connectivity index (χ0n) is 13.9. The third-order valence-corrected chi connectivity index (χ3v) is 3.98. The normalized spacial score (nSPS) is 18.2. The summed E-state index contributed by atoms with van der Waals surface area (Å²) < 4.78 is 0. The van der Waals surface area contributed by atoms with Crippen LogP contribution in [0, 0.1) is 22.7 Å². The Morgan fingerprint density at radius 1 is 1.35 bits per heavy atom. The first-order chi connectivity index (χ1) is 10.8. The molecule has 0 aromatic heterocycles. The van der Waals surface area contributed by atoms with Crippen molar-refractivity contribution in [2.24, 2.45) is 11.3 Å². The van der Waals surface area contributed by atoms with Gasteiger partial charge in [0, 0.05) is 24.2 Å². The highest BCUT2D eigenvalue weighted by atomic mass is 16.2. The summed E-state index contributed by atoms with van der Waals surface area (Å²) in [6, 6.07) is 8.90. The molecule has 1 fully saturated rings. The summed E-state index contributed by atoms with van der Waals surface area (Å²) >= 11 is 0. The quantitative estimate of drug-likeness (QED) is 0.912. The van der Waals surface area contributed by atoms with Gasteiger partial charge in [-0.05, 0) is 31.0 Å². The van der Waals surface area contributed by atoms with Crippen LogP contribution in [-0.2, 0) is 9.59 Å². The fourth-order valence-corrected chi connectivity index (χ4v) is 2.76. The molecule has 2 amide bonds. The summed E-state index contributed by atoms with van der Waals surface area (Å²) in [5, 5.41) is 11.8. The van der Waals surface area contributed by atoms with Gasteiger partial charge in [0.25, 0.3) is 0 Å². The van der Waals surface area contributed by atoms with Gasteiger partial charge in [-0.1, -0.05) is 26.8 Å². The first-order valence-corrected chi connectivity index (χ1v) is 7.91. The average molecular weight is 313 g/mol. The van der Waals surface area contributed by atoms with Gasteiger partial charge >= 0.3 is 0 Å². The van der Waals surface area contributed by atoms with Crippen molar-refractivity contribution in [2.75, 3.05) is 18.4 Å². The Bertz CT molecular complexity index is 640. The summed E-state index contributed by atoms with van der Waals surface area (Å²) in [4.78, 5) is 26.6. The van der Waals surface area contributed by atoms with Crippen molar-refractivity contribution in [3.8, 4) is 6.07 Å². The number of nitrogens with one attached hydrogen (secondary N) is 1. The molecule has 0 saturated carbocycles. The van der Waals surface area contributed by atoms with E-state index in [0.29, 0.717) is 24.3 Å². The van der Waals surface area contributed by atoms with Gasteiger partial charge in [-0.25, -0.2) is 0 Å². The molecule has 0 radical (unpaired) electrons. The zero-order valence-corrected chi connectivity index (χ0v) is 13.9. The van der Waals surface area contributed by atoms with Crippen molar-refractivity contribution in [1.29, 1.82) is 5.26 Å². The van der Waals surface area contributed by atoms with E-state index in [1.807, 2.05) is 20.8 Å². The molecule has 1 aromatic carbocycles. The van der Waals surface area contributed by atoms with E-state index in [-0.39, 0.29) is 17.7 Å². The molecular weight excluding hydrogens is 290 g/mol. The second kappa shape index (κ2) is 6.82. The summed E-state index contributed by atoms with van der Waals surface area (Å²) in [6.45, 7) is 6.86. The number of carbonyl (C=O) groups excluding carboxylic acids is 2. The monoisotopic (exact) mass is 313 g/mol. The van der Waals surface area contributed by atoms with E-state index in [0.717, 1.165) is 12.8 Å². The first kappa shape index (κ1) is 17.0. The van der Waals surface area contributed by atoms with E-state index in [1.165, 1.54) is 0 Å². The van der Waals surface area contributed by atoms with Gasteiger partial charge in [0.1, 0.15) is 0 Å². The van der Waals surface area contributed by atoms with Crippen LogP contribution < -0.4 is 5.32 Å². The van der Waals surface area contributed by atoms with Crippen molar-refractivity contribution in [3.05, 3.63) is 29.8 Å². The van der Waals surface area contributed by atoms with Crippen LogP contribution in [0.25, 0.3) is 0 Å². The molecule has 0 aliphatic carbocycles. The smallest absolute Gasteiger partial charge is 0.229 e. The zero-order chi connectivity index (χ0) is 17.0. The lowest BCUT2D eigenvalue weighted by atomic mass is 9.91. The number of benzene rings is 1. The molecule has 1 N–H and O–H groups in total. The fraction of sp³-hybridized carbons (Fsp3) is 0.500. The van der Waals surface area contributed by atoms with E-state index in [2.05, 4.69) is 11.4 Å². The van der Waals surface area contributed by atoms with Crippen LogP contribution in [0.3, 0.4) is 0 Å². The highest BCUT2D eigenvalue weighted by Crippen LogP contribution is 2.24. The molecule has 0 bridgehead atoms. The highest BCUT2D eigenvalue weighted by molar-refractivity contribution is 5.93. The molecule has 1 saturated heterocycles. The lowest BCUT2D eigenvalue weighted by Crippen LogP contribution is -2.47. The van der Waals surface area contributed by atoms with Gasteiger partial charge in [-0.3, -0.25) is 9.59 Å². The van der Waals surface area contributed by atoms with Gasteiger partial charge in [0.2, 0.25) is 11.8 Å². The predicted octanol–water partition coefficient (Wildman–Crippen LogP) is 2.78. The molecule has 2 rings (SSSR count). The van der Waals surface area contributed by atoms with E-state index in [4.69, 9.17) is 5.26 Å². The molecule has 5 nitrogen and oxygen atoms in total. The Hall–Kier alpha value is -2.35. The molecule has 1 aliphatic rings. The van der Waals surface area contributed by atoms with Crippen LogP contribution in [0.2, 0.25) is 0 Å². The molecular formula is C18H23N3O2. The molecule has 23 heavy (non-hydrogen) atoms. The minimum atomic E-state index is -0.431. The molecule has 5 heteroatoms. The molecule has 1 aromatic rings. The number of likely N-dealkylation sites (tertiary alicyclic amines) is 1. The molecule has 1 atom stereocenters. The second-order valence-electron chi connectivity index (χ2n) is 7.02. The average Bonchev–Trinajstić information content (AvgIpc) is 2.53. The van der Waals surface area contributed by atoms with Crippen LogP contribution >= 0.6 is 0 Å². The number of nitriles is 1. The summed E-state index contributed by atoms with van der Waals surface area (Å²) in [7, 11) is 0. The number of nitrogens with zero attached hydrogens (tertiary/aromatic N) is 2. The topological polar surface area (TPSA) is 73.2 Å². The summed E-state index contributed by atoms with van der Waals surface area (Å²) in [5.74, 6) is -0.214. The maximum absolute atomic E-state index is 12.5. The number of piperidine rings is 1. The maximum Gasteiger partial charge on any atom is 0.229 e. The first-order valence-electron chi connectivity index (χ1n) is 7.91. The summed E-state index contributed by atoms with van der Waals surface area (Å²) in [6.07, 6.45) is 1.61. The second-order valence-corrected chi connectivity index (χ2v) is 7.02. The van der Waals surface area contributed by atoms with Gasteiger partial charge < -0.3 is 10.2 Å². The van der Waals surface area contributed by atoms with Crippen molar-refractivity contribution in [3.63, 3.8) is 0 Å². The van der Waals surface area contributed by atoms with Crippen molar-refractivity contribution in [1.82, 2.24) is 4.90 Å². The molecule has 1 heterocycles. The predicted molar refractivity (Wildman–Crippen MR) is 88.5 cm³/mol. The maximum atomic E-state index is 12.5. The van der Waals surface area contributed by atoms with Crippen LogP contribution in [0.5, 0.6) is 0 Å². The van der Waals surface area contributed by atoms with Gasteiger partial charge in [-0.15, -0.1) is 0 Å². The Morgan fingerprint density at radius 3 is 2.74 bits per heavy atom. The largest absolute Gasteiger partial charge is 0.341 e. The van der Waals surface area contributed by atoms with Crippen LogP contribution in [0.4, 0.5) is 5.69 Å². The van der Waals surface area contributed by atoms with Crippen LogP contribution in [-0.4, -0.2) is 29.8 Å². The SMILES string of the molecule is CC(C)(C)C(=O)N1CCCC(C(=O)Nc2cccc(C#N)c2)C1. The van der Waals surface area contributed by atoms with E-state index < -0.39 is 5.41 Å². The molecule has 122 valence electrons. The van der Waals surface area contributed by atoms with Crippen molar-refractivity contribution in [2.45, 2.75) is 33.6 Å². The number of hydrogen-bond donors (Lipinski definition) is 1. The Kier molecular flexibility index (Phi) is 5.05. The van der Waals surface area contributed by atoms with E-state index >= 15 is 0 Å². The third-order valence-electron chi connectivity index (χ3n) is 3.98. The molecule has 0 spiro atoms. The number of amides is 2. The standard InChI is InChI=1S/C18H23N3O2/c1-18(2,3)17(23)21-9-5-7-14(12-21)16(22)20-15-8-4-6-13(10-15)11-19/h4,6,8,10,14H,5,7,9,12H2,1-3H3,(H,20,22). The van der Waals surface area contributed by atoms with Crippen molar-refractivity contribution < 1.29 is 9.59 Å². The fourth-order valence-electron chi connectivity index (χ4n) is 2.76. The van der Waals surface area contributed by atoms with Gasteiger partial charge in [-0.2, -0.15) is 5.26 Å². The number of hydrogen-bond acceptors (Lipinski definition) is 3. The van der Waals surface area contributed by atoms with Crippen molar-refractivity contribution >= 4 is 17.5 Å². The van der Waals surface area contributed by atoms with Gasteiger partial charge in [0.05, 0.1) is 17.6 Å². The third kappa shape index (κ3) is 4.32. The van der Waals surface area contributed by atoms with Gasteiger partial charge in [0.15, 0.2) is 0 Å². The summed E-state index contributed by atoms with van der Waals surface area (Å²) in [5.41, 5.74) is 0.698.